The predicted molar refractivity (Wildman–Crippen MR) is 69.8 cm³/mol. The fraction of sp³-hybridized carbons (Fsp3) is 0.250. The van der Waals surface area contributed by atoms with E-state index in [-0.39, 0.29) is 0 Å². The van der Waals surface area contributed by atoms with Crippen LogP contribution >= 0.6 is 0 Å². The van der Waals surface area contributed by atoms with Crippen LogP contribution in [0, 0.1) is 0 Å². The monoisotopic (exact) mass is 274 g/mol. The minimum absolute atomic E-state index is 0.542. The van der Waals surface area contributed by atoms with Crippen LogP contribution in [0.2, 0.25) is 0 Å². The first-order chi connectivity index (χ1) is 9.31. The van der Waals surface area contributed by atoms with Crippen molar-refractivity contribution >= 4 is 22.2 Å². The molecule has 0 amide bonds. The third-order valence-electron chi connectivity index (χ3n) is 3.28. The molecule has 7 heteroatoms. The Kier molecular flexibility index (Phi) is 2.36. The van der Waals surface area contributed by atoms with Crippen molar-refractivity contribution in [3.63, 3.8) is 0 Å². The van der Waals surface area contributed by atoms with Crippen molar-refractivity contribution in [3.8, 4) is 11.5 Å². The van der Waals surface area contributed by atoms with Crippen molar-refractivity contribution in [2.45, 2.75) is 12.2 Å². The number of hydrogen-bond donors (Lipinski definition) is 1. The maximum absolute atomic E-state index is 11.7. The summed E-state index contributed by atoms with van der Waals surface area (Å²) in [5.74, 6) is 1.88. The molecule has 3 aromatic heterocycles. The van der Waals surface area contributed by atoms with E-state index in [9.17, 15) is 4.55 Å². The molecule has 1 unspecified atom stereocenters. The third-order valence-corrected chi connectivity index (χ3v) is 4.55. The highest BCUT2D eigenvalue weighted by molar-refractivity contribution is 7.90. The summed E-state index contributed by atoms with van der Waals surface area (Å²) in [7, 11) is 0. The van der Waals surface area contributed by atoms with Crippen LogP contribution in [0.4, 0.5) is 0 Å². The molecule has 0 fully saturated rings. The Morgan fingerprint density at radius 2 is 2.37 bits per heavy atom. The van der Waals surface area contributed by atoms with Gasteiger partial charge in [-0.1, -0.05) is 5.16 Å². The number of rotatable bonds is 1. The molecule has 96 valence electrons. The standard InChI is InChI=1S/C12H10N4O2S/c17-19-4-2-8-7(6-19)11-10(5-13-8)14-12(15-11)9-1-3-18-16-9/h1,3,5H,2,4,6H2,(H,14,15). The molecule has 4 heterocycles. The molecule has 1 aliphatic heterocycles. The largest absolute Gasteiger partial charge is 0.616 e. The number of pyridine rings is 1. The van der Waals surface area contributed by atoms with Crippen molar-refractivity contribution in [1.82, 2.24) is 20.1 Å². The molecule has 0 bridgehead atoms. The first kappa shape index (κ1) is 11.0. The van der Waals surface area contributed by atoms with Gasteiger partial charge >= 0.3 is 0 Å². The summed E-state index contributed by atoms with van der Waals surface area (Å²) in [6, 6.07) is 1.75. The molecule has 0 spiro atoms. The van der Waals surface area contributed by atoms with E-state index in [4.69, 9.17) is 4.52 Å². The number of aryl methyl sites for hydroxylation is 1. The van der Waals surface area contributed by atoms with Gasteiger partial charge in [-0.15, -0.1) is 0 Å². The van der Waals surface area contributed by atoms with Crippen LogP contribution in [-0.2, 0) is 23.3 Å². The van der Waals surface area contributed by atoms with Gasteiger partial charge in [0.15, 0.2) is 5.82 Å². The minimum atomic E-state index is -0.807. The Bertz CT molecular complexity index is 738. The summed E-state index contributed by atoms with van der Waals surface area (Å²) in [5, 5.41) is 3.86. The predicted octanol–water partition coefficient (Wildman–Crippen LogP) is 1.42. The lowest BCUT2D eigenvalue weighted by molar-refractivity contribution is 0.422. The summed E-state index contributed by atoms with van der Waals surface area (Å²) in [6.45, 7) is 0. The van der Waals surface area contributed by atoms with Gasteiger partial charge in [-0.2, -0.15) is 0 Å². The normalized spacial score (nSPS) is 18.7. The fourth-order valence-electron chi connectivity index (χ4n) is 2.34. The van der Waals surface area contributed by atoms with Crippen molar-refractivity contribution in [1.29, 1.82) is 0 Å². The molecule has 1 N–H and O–H groups in total. The Morgan fingerprint density at radius 1 is 1.42 bits per heavy atom. The maximum atomic E-state index is 11.7. The molecule has 0 aliphatic carbocycles. The van der Waals surface area contributed by atoms with Crippen molar-refractivity contribution < 1.29 is 9.08 Å². The van der Waals surface area contributed by atoms with Gasteiger partial charge in [-0.05, 0) is 11.2 Å². The first-order valence-electron chi connectivity index (χ1n) is 5.93. The number of nitrogens with one attached hydrogen (secondary N) is 1. The van der Waals surface area contributed by atoms with Gasteiger partial charge in [0.2, 0.25) is 0 Å². The smallest absolute Gasteiger partial charge is 0.160 e. The van der Waals surface area contributed by atoms with Crippen molar-refractivity contribution in [3.05, 3.63) is 29.8 Å². The molecule has 3 aromatic rings. The van der Waals surface area contributed by atoms with E-state index >= 15 is 0 Å². The molecule has 1 aliphatic rings. The summed E-state index contributed by atoms with van der Waals surface area (Å²) in [5.41, 5.74) is 4.38. The van der Waals surface area contributed by atoms with E-state index in [0.717, 1.165) is 28.7 Å². The Morgan fingerprint density at radius 3 is 3.21 bits per heavy atom. The Hall–Kier alpha value is -1.86. The second-order valence-electron chi connectivity index (χ2n) is 4.45. The van der Waals surface area contributed by atoms with Crippen LogP contribution in [0.3, 0.4) is 0 Å². The molecular formula is C12H10N4O2S. The van der Waals surface area contributed by atoms with Gasteiger partial charge < -0.3 is 14.1 Å². The van der Waals surface area contributed by atoms with Gasteiger partial charge in [-0.3, -0.25) is 4.98 Å². The zero-order chi connectivity index (χ0) is 12.8. The lowest BCUT2D eigenvalue weighted by Crippen LogP contribution is -2.20. The van der Waals surface area contributed by atoms with Crippen LogP contribution < -0.4 is 0 Å². The SMILES string of the molecule is [O-][S+]1CCc2ncc3nc(-c4ccon4)[nH]c3c2C1. The molecule has 6 nitrogen and oxygen atoms in total. The van der Waals surface area contributed by atoms with Gasteiger partial charge in [0.05, 0.1) is 17.4 Å². The second-order valence-corrected chi connectivity index (χ2v) is 6.03. The molecular weight excluding hydrogens is 264 g/mol. The van der Waals surface area contributed by atoms with Gasteiger partial charge in [-0.25, -0.2) is 4.98 Å². The molecule has 0 saturated heterocycles. The van der Waals surface area contributed by atoms with E-state index in [2.05, 4.69) is 20.1 Å². The highest BCUT2D eigenvalue weighted by atomic mass is 32.2. The molecule has 0 saturated carbocycles. The second kappa shape index (κ2) is 4.07. The summed E-state index contributed by atoms with van der Waals surface area (Å²) >= 11 is -0.807. The average Bonchev–Trinajstić information content (AvgIpc) is 3.07. The van der Waals surface area contributed by atoms with E-state index in [1.807, 2.05) is 0 Å². The molecule has 0 aromatic carbocycles. The fourth-order valence-corrected chi connectivity index (χ4v) is 3.54. The quantitative estimate of drug-likeness (QED) is 0.678. The van der Waals surface area contributed by atoms with E-state index in [1.54, 1.807) is 12.3 Å². The summed E-state index contributed by atoms with van der Waals surface area (Å²) < 4.78 is 16.5. The van der Waals surface area contributed by atoms with Gasteiger partial charge in [0.25, 0.3) is 0 Å². The molecule has 4 rings (SSSR count). The summed E-state index contributed by atoms with van der Waals surface area (Å²) in [4.78, 5) is 12.1. The molecule has 0 radical (unpaired) electrons. The number of aromatic amines is 1. The number of H-pyrrole nitrogens is 1. The third kappa shape index (κ3) is 1.73. The van der Waals surface area contributed by atoms with Gasteiger partial charge in [0.1, 0.15) is 29.0 Å². The lowest BCUT2D eigenvalue weighted by atomic mass is 10.1. The van der Waals surface area contributed by atoms with Crippen LogP contribution in [-0.4, -0.2) is 30.4 Å². The topological polar surface area (TPSA) is 90.7 Å². The number of aromatic nitrogens is 4. The highest BCUT2D eigenvalue weighted by Crippen LogP contribution is 2.27. The van der Waals surface area contributed by atoms with Crippen molar-refractivity contribution in [2.75, 3.05) is 5.75 Å². The first-order valence-corrected chi connectivity index (χ1v) is 7.42. The Labute approximate surface area is 111 Å². The minimum Gasteiger partial charge on any atom is -0.616 e. The zero-order valence-electron chi connectivity index (χ0n) is 9.92. The number of hydrogen-bond acceptors (Lipinski definition) is 5. The Balaban J connectivity index is 1.92. The summed E-state index contributed by atoms with van der Waals surface area (Å²) in [6.07, 6.45) is 4.02. The average molecular weight is 274 g/mol. The highest BCUT2D eigenvalue weighted by Gasteiger charge is 2.24. The van der Waals surface area contributed by atoms with E-state index < -0.39 is 11.2 Å². The van der Waals surface area contributed by atoms with E-state index in [0.29, 0.717) is 23.0 Å². The van der Waals surface area contributed by atoms with Crippen LogP contribution in [0.25, 0.3) is 22.6 Å². The van der Waals surface area contributed by atoms with E-state index in [1.165, 1.54) is 6.26 Å². The lowest BCUT2D eigenvalue weighted by Gasteiger charge is -2.18. The number of nitrogens with zero attached hydrogens (tertiary/aromatic N) is 3. The van der Waals surface area contributed by atoms with Crippen molar-refractivity contribution in [2.24, 2.45) is 0 Å². The number of fused-ring (bicyclic) bond motifs is 3. The molecule has 19 heavy (non-hydrogen) atoms. The van der Waals surface area contributed by atoms with Crippen LogP contribution in [0.5, 0.6) is 0 Å². The maximum Gasteiger partial charge on any atom is 0.160 e. The van der Waals surface area contributed by atoms with Crippen LogP contribution in [0.1, 0.15) is 11.3 Å². The number of imidazole rings is 1. The zero-order valence-corrected chi connectivity index (χ0v) is 10.7. The van der Waals surface area contributed by atoms with Crippen LogP contribution in [0.15, 0.2) is 23.0 Å². The molecule has 1 atom stereocenters. The van der Waals surface area contributed by atoms with Gasteiger partial charge in [0, 0.05) is 18.1 Å².